The number of nitrogens with zero attached hydrogens (tertiary/aromatic N) is 4. The van der Waals surface area contributed by atoms with E-state index in [1.54, 1.807) is 44.2 Å². The summed E-state index contributed by atoms with van der Waals surface area (Å²) in [6.07, 6.45) is 3.28. The Morgan fingerprint density at radius 3 is 2.22 bits per heavy atom. The van der Waals surface area contributed by atoms with Crippen LogP contribution in [0.4, 0.5) is 11.4 Å². The Labute approximate surface area is 160 Å². The Balaban J connectivity index is 2.60. The minimum absolute atomic E-state index is 0.0428. The molecule has 0 spiro atoms. The summed E-state index contributed by atoms with van der Waals surface area (Å²) in [7, 11) is -3.63. The number of benzene rings is 1. The lowest BCUT2D eigenvalue weighted by atomic mass is 10.1. The number of anilines is 2. The predicted molar refractivity (Wildman–Crippen MR) is 102 cm³/mol. The SMILES string of the molecule is CC(C)S(=O)(=O)c1ccc(N2CCCCC2)cc1NC(C#N)=C(C#N)C#N. The van der Waals surface area contributed by atoms with Crippen molar-refractivity contribution in [1.82, 2.24) is 0 Å². The fourth-order valence-electron chi connectivity index (χ4n) is 2.88. The van der Waals surface area contributed by atoms with Gasteiger partial charge >= 0.3 is 0 Å². The van der Waals surface area contributed by atoms with Crippen molar-refractivity contribution >= 4 is 21.2 Å². The highest BCUT2D eigenvalue weighted by Gasteiger charge is 2.25. The van der Waals surface area contributed by atoms with Crippen LogP contribution in [0, 0.1) is 34.0 Å². The Kier molecular flexibility index (Phi) is 6.45. The Bertz CT molecular complexity index is 953. The monoisotopic (exact) mass is 383 g/mol. The lowest BCUT2D eigenvalue weighted by molar-refractivity contribution is 0.577. The molecule has 1 N–H and O–H groups in total. The Hall–Kier alpha value is -3.02. The molecule has 1 aromatic rings. The van der Waals surface area contributed by atoms with Gasteiger partial charge < -0.3 is 10.2 Å². The molecule has 8 heteroatoms. The summed E-state index contributed by atoms with van der Waals surface area (Å²) in [6.45, 7) is 4.90. The molecule has 1 aliphatic heterocycles. The van der Waals surface area contributed by atoms with Crippen molar-refractivity contribution in [3.05, 3.63) is 29.5 Å². The van der Waals surface area contributed by atoms with Gasteiger partial charge in [0.25, 0.3) is 0 Å². The average molecular weight is 383 g/mol. The summed E-state index contributed by atoms with van der Waals surface area (Å²) >= 11 is 0. The van der Waals surface area contributed by atoms with Gasteiger partial charge in [0, 0.05) is 18.8 Å². The van der Waals surface area contributed by atoms with Crippen LogP contribution in [0.3, 0.4) is 0 Å². The molecule has 0 amide bonds. The second kappa shape index (κ2) is 8.58. The number of allylic oxidation sites excluding steroid dienone is 2. The highest BCUT2D eigenvalue weighted by Crippen LogP contribution is 2.32. The molecule has 1 saturated heterocycles. The van der Waals surface area contributed by atoms with Gasteiger partial charge in [-0.15, -0.1) is 0 Å². The van der Waals surface area contributed by atoms with Crippen LogP contribution in [0.15, 0.2) is 34.4 Å². The summed E-state index contributed by atoms with van der Waals surface area (Å²) in [5, 5.41) is 29.4. The van der Waals surface area contributed by atoms with Crippen molar-refractivity contribution in [2.24, 2.45) is 0 Å². The molecule has 0 aliphatic carbocycles. The van der Waals surface area contributed by atoms with E-state index in [0.717, 1.165) is 38.0 Å². The molecule has 1 heterocycles. The lowest BCUT2D eigenvalue weighted by Crippen LogP contribution is -2.29. The molecule has 0 unspecified atom stereocenters. The predicted octanol–water partition coefficient (Wildman–Crippen LogP) is 3.10. The summed E-state index contributed by atoms with van der Waals surface area (Å²) in [5.41, 5.74) is 0.378. The third-order valence-electron chi connectivity index (χ3n) is 4.46. The third-order valence-corrected chi connectivity index (χ3v) is 6.67. The molecule has 2 rings (SSSR count). The van der Waals surface area contributed by atoms with Gasteiger partial charge in [-0.1, -0.05) is 0 Å². The molecule has 0 aromatic heterocycles. The van der Waals surface area contributed by atoms with Crippen LogP contribution in [0.1, 0.15) is 33.1 Å². The first-order valence-corrected chi connectivity index (χ1v) is 10.2. The fraction of sp³-hybridized carbons (Fsp3) is 0.421. The number of rotatable bonds is 5. The number of hydrogen-bond donors (Lipinski definition) is 1. The van der Waals surface area contributed by atoms with Gasteiger partial charge in [0.05, 0.1) is 15.8 Å². The molecule has 0 saturated carbocycles. The molecule has 27 heavy (non-hydrogen) atoms. The average Bonchev–Trinajstić information content (AvgIpc) is 2.68. The highest BCUT2D eigenvalue weighted by molar-refractivity contribution is 7.92. The fourth-order valence-corrected chi connectivity index (χ4v) is 4.07. The summed E-state index contributed by atoms with van der Waals surface area (Å²) in [6, 6.07) is 10.0. The van der Waals surface area contributed by atoms with Crippen LogP contribution in [-0.2, 0) is 9.84 Å². The number of hydrogen-bond acceptors (Lipinski definition) is 7. The van der Waals surface area contributed by atoms with Gasteiger partial charge in [0.2, 0.25) is 0 Å². The molecular formula is C19H21N5O2S. The first-order chi connectivity index (χ1) is 12.8. The maximum absolute atomic E-state index is 12.7. The van der Waals surface area contributed by atoms with Crippen molar-refractivity contribution in [2.75, 3.05) is 23.3 Å². The largest absolute Gasteiger partial charge is 0.371 e. The van der Waals surface area contributed by atoms with Gasteiger partial charge in [-0.3, -0.25) is 0 Å². The summed E-state index contributed by atoms with van der Waals surface area (Å²) in [5.74, 6) is 0. The van der Waals surface area contributed by atoms with Crippen molar-refractivity contribution < 1.29 is 8.42 Å². The first kappa shape index (κ1) is 20.3. The van der Waals surface area contributed by atoms with Crippen molar-refractivity contribution in [1.29, 1.82) is 15.8 Å². The number of piperidine rings is 1. The van der Waals surface area contributed by atoms with Gasteiger partial charge in [0.15, 0.2) is 15.4 Å². The van der Waals surface area contributed by atoms with E-state index in [4.69, 9.17) is 10.5 Å². The third kappa shape index (κ3) is 4.39. The topological polar surface area (TPSA) is 121 Å². The van der Waals surface area contributed by atoms with E-state index in [1.807, 2.05) is 0 Å². The van der Waals surface area contributed by atoms with Crippen molar-refractivity contribution in [3.63, 3.8) is 0 Å². The molecule has 1 aromatic carbocycles. The zero-order valence-corrected chi connectivity index (χ0v) is 16.2. The molecule has 0 radical (unpaired) electrons. The number of nitrogens with one attached hydrogen (secondary N) is 1. The second-order valence-electron chi connectivity index (χ2n) is 6.53. The van der Waals surface area contributed by atoms with Crippen LogP contribution in [-0.4, -0.2) is 26.8 Å². The van der Waals surface area contributed by atoms with E-state index in [-0.39, 0.29) is 16.3 Å². The molecule has 140 valence electrons. The smallest absolute Gasteiger partial charge is 0.182 e. The van der Waals surface area contributed by atoms with E-state index in [2.05, 4.69) is 10.2 Å². The molecule has 7 nitrogen and oxygen atoms in total. The standard InChI is InChI=1S/C19H21N5O2S/c1-14(2)27(25,26)19-7-6-16(24-8-4-3-5-9-24)10-17(19)23-18(13-22)15(11-20)12-21/h6-7,10,14,23H,3-5,8-9H2,1-2H3. The lowest BCUT2D eigenvalue weighted by Gasteiger charge is -2.29. The summed E-state index contributed by atoms with van der Waals surface area (Å²) in [4.78, 5) is 2.20. The van der Waals surface area contributed by atoms with Crippen LogP contribution in [0.25, 0.3) is 0 Å². The zero-order valence-electron chi connectivity index (χ0n) is 15.4. The first-order valence-electron chi connectivity index (χ1n) is 8.69. The van der Waals surface area contributed by atoms with Crippen molar-refractivity contribution in [2.45, 2.75) is 43.3 Å². The zero-order chi connectivity index (χ0) is 20.0. The maximum atomic E-state index is 12.7. The van der Waals surface area contributed by atoms with E-state index in [9.17, 15) is 13.7 Å². The number of sulfone groups is 1. The highest BCUT2D eigenvalue weighted by atomic mass is 32.2. The van der Waals surface area contributed by atoms with E-state index < -0.39 is 20.7 Å². The van der Waals surface area contributed by atoms with E-state index >= 15 is 0 Å². The van der Waals surface area contributed by atoms with Gasteiger partial charge in [0.1, 0.15) is 23.9 Å². The van der Waals surface area contributed by atoms with Gasteiger partial charge in [-0.2, -0.15) is 15.8 Å². The van der Waals surface area contributed by atoms with Crippen LogP contribution >= 0.6 is 0 Å². The van der Waals surface area contributed by atoms with E-state index in [0.29, 0.717) is 0 Å². The van der Waals surface area contributed by atoms with Gasteiger partial charge in [-0.05, 0) is 51.3 Å². The molecule has 1 fully saturated rings. The summed E-state index contributed by atoms with van der Waals surface area (Å²) < 4.78 is 25.5. The van der Waals surface area contributed by atoms with Crippen LogP contribution < -0.4 is 10.2 Å². The molecule has 0 atom stereocenters. The maximum Gasteiger partial charge on any atom is 0.182 e. The minimum atomic E-state index is -3.63. The minimum Gasteiger partial charge on any atom is -0.371 e. The van der Waals surface area contributed by atoms with Gasteiger partial charge in [-0.25, -0.2) is 8.42 Å². The Morgan fingerprint density at radius 1 is 1.07 bits per heavy atom. The normalized spacial score (nSPS) is 14.0. The second-order valence-corrected chi connectivity index (χ2v) is 9.00. The molecule has 0 bridgehead atoms. The van der Waals surface area contributed by atoms with E-state index in [1.165, 1.54) is 6.07 Å². The van der Waals surface area contributed by atoms with Crippen molar-refractivity contribution in [3.8, 4) is 18.2 Å². The number of nitriles is 3. The quantitative estimate of drug-likeness (QED) is 0.775. The molecular weight excluding hydrogens is 362 g/mol. The molecule has 1 aliphatic rings. The van der Waals surface area contributed by atoms with Crippen LogP contribution in [0.2, 0.25) is 0 Å². The Morgan fingerprint density at radius 2 is 1.70 bits per heavy atom. The van der Waals surface area contributed by atoms with Crippen LogP contribution in [0.5, 0.6) is 0 Å².